The average Bonchev–Trinajstić information content (AvgIpc) is 2.90. The Morgan fingerprint density at radius 2 is 2.27 bits per heavy atom. The van der Waals surface area contributed by atoms with Gasteiger partial charge in [-0.25, -0.2) is 4.68 Å². The van der Waals surface area contributed by atoms with Crippen molar-refractivity contribution >= 4 is 17.5 Å². The van der Waals surface area contributed by atoms with E-state index in [1.165, 1.54) is 0 Å². The van der Waals surface area contributed by atoms with Gasteiger partial charge in [0.1, 0.15) is 18.2 Å². The Kier molecular flexibility index (Phi) is 5.71. The lowest BCUT2D eigenvalue weighted by molar-refractivity contribution is -0.130. The molecule has 0 aliphatic rings. The largest absolute Gasteiger partial charge is 0.492 e. The fourth-order valence-electron chi connectivity index (χ4n) is 1.83. The number of halogens is 1. The number of ether oxygens (including phenoxy) is 1. The number of hydrogen-bond acceptors (Lipinski definition) is 5. The summed E-state index contributed by atoms with van der Waals surface area (Å²) >= 11 is 5.88. The maximum Gasteiger partial charge on any atom is 0.224 e. The van der Waals surface area contributed by atoms with Gasteiger partial charge in [-0.05, 0) is 35.5 Å². The van der Waals surface area contributed by atoms with Crippen LogP contribution in [-0.2, 0) is 11.3 Å². The van der Waals surface area contributed by atoms with E-state index in [0.29, 0.717) is 42.7 Å². The van der Waals surface area contributed by atoms with Gasteiger partial charge in [-0.1, -0.05) is 17.7 Å². The molecule has 8 heteroatoms. The Hall–Kier alpha value is -2.15. The maximum atomic E-state index is 12.0. The number of aromatic nitrogens is 4. The van der Waals surface area contributed by atoms with Crippen LogP contribution in [0.3, 0.4) is 0 Å². The molecule has 1 heterocycles. The highest BCUT2D eigenvalue weighted by atomic mass is 35.5. The number of aryl methyl sites for hydroxylation is 2. The van der Waals surface area contributed by atoms with E-state index >= 15 is 0 Å². The first-order valence-electron chi connectivity index (χ1n) is 6.91. The zero-order valence-electron chi connectivity index (χ0n) is 12.6. The first kappa shape index (κ1) is 16.2. The molecule has 118 valence electrons. The topological polar surface area (TPSA) is 73.1 Å². The smallest absolute Gasteiger partial charge is 0.224 e. The molecule has 0 radical (unpaired) electrons. The number of benzene rings is 1. The molecule has 7 nitrogen and oxygen atoms in total. The van der Waals surface area contributed by atoms with Crippen LogP contribution < -0.4 is 4.74 Å². The summed E-state index contributed by atoms with van der Waals surface area (Å²) in [6.45, 7) is 3.18. The molecule has 1 amide bonds. The van der Waals surface area contributed by atoms with Crippen LogP contribution in [0, 0.1) is 6.92 Å². The summed E-state index contributed by atoms with van der Waals surface area (Å²) in [5.41, 5.74) is 0. The SMILES string of the molecule is Cc1nnnn1CCC(=O)N(C)CCOc1cccc(Cl)c1. The zero-order chi connectivity index (χ0) is 15.9. The third kappa shape index (κ3) is 4.70. The minimum absolute atomic E-state index is 0.0181. The quantitative estimate of drug-likeness (QED) is 0.773. The van der Waals surface area contributed by atoms with Crippen LogP contribution in [0.15, 0.2) is 24.3 Å². The lowest BCUT2D eigenvalue weighted by atomic mass is 10.3. The second-order valence-electron chi connectivity index (χ2n) is 4.82. The fraction of sp³-hybridized carbons (Fsp3) is 0.429. The van der Waals surface area contributed by atoms with Crippen LogP contribution in [0.4, 0.5) is 0 Å². The van der Waals surface area contributed by atoms with Crippen LogP contribution in [0.5, 0.6) is 5.75 Å². The van der Waals surface area contributed by atoms with Crippen molar-refractivity contribution in [2.45, 2.75) is 19.9 Å². The van der Waals surface area contributed by atoms with Crippen LogP contribution in [-0.4, -0.2) is 51.2 Å². The highest BCUT2D eigenvalue weighted by Crippen LogP contribution is 2.16. The Labute approximate surface area is 133 Å². The van der Waals surface area contributed by atoms with Gasteiger partial charge in [0.15, 0.2) is 0 Å². The monoisotopic (exact) mass is 323 g/mol. The summed E-state index contributed by atoms with van der Waals surface area (Å²) in [5, 5.41) is 11.7. The van der Waals surface area contributed by atoms with Crippen LogP contribution in [0.2, 0.25) is 5.02 Å². The molecule has 0 aliphatic carbocycles. The van der Waals surface area contributed by atoms with Gasteiger partial charge < -0.3 is 9.64 Å². The molecule has 22 heavy (non-hydrogen) atoms. The molecule has 0 saturated carbocycles. The molecule has 0 bridgehead atoms. The van der Waals surface area contributed by atoms with Crippen molar-refractivity contribution in [1.29, 1.82) is 0 Å². The van der Waals surface area contributed by atoms with Gasteiger partial charge >= 0.3 is 0 Å². The number of rotatable bonds is 7. The molecule has 0 saturated heterocycles. The highest BCUT2D eigenvalue weighted by molar-refractivity contribution is 6.30. The summed E-state index contributed by atoms with van der Waals surface area (Å²) in [4.78, 5) is 13.6. The van der Waals surface area contributed by atoms with Crippen LogP contribution in [0.1, 0.15) is 12.2 Å². The van der Waals surface area contributed by atoms with E-state index in [4.69, 9.17) is 16.3 Å². The van der Waals surface area contributed by atoms with Gasteiger partial charge in [-0.2, -0.15) is 0 Å². The van der Waals surface area contributed by atoms with Crippen molar-refractivity contribution in [1.82, 2.24) is 25.1 Å². The minimum atomic E-state index is 0.0181. The van der Waals surface area contributed by atoms with Gasteiger partial charge in [-0.3, -0.25) is 4.79 Å². The summed E-state index contributed by atoms with van der Waals surface area (Å²) < 4.78 is 7.17. The molecule has 0 spiro atoms. The van der Waals surface area contributed by atoms with Gasteiger partial charge in [0.05, 0.1) is 13.1 Å². The molecule has 0 aliphatic heterocycles. The molecule has 2 aromatic rings. The molecule has 0 atom stereocenters. The van der Waals surface area contributed by atoms with Crippen LogP contribution in [0.25, 0.3) is 0 Å². The minimum Gasteiger partial charge on any atom is -0.492 e. The molecular formula is C14H18ClN5O2. The lowest BCUT2D eigenvalue weighted by Crippen LogP contribution is -2.31. The average molecular weight is 324 g/mol. The van der Waals surface area contributed by atoms with Crippen molar-refractivity contribution in [3.63, 3.8) is 0 Å². The number of likely N-dealkylation sites (N-methyl/N-ethyl adjacent to an activating group) is 1. The van der Waals surface area contributed by atoms with Gasteiger partial charge in [0.25, 0.3) is 0 Å². The first-order valence-corrected chi connectivity index (χ1v) is 7.29. The summed E-state index contributed by atoms with van der Waals surface area (Å²) in [5.74, 6) is 1.40. The van der Waals surface area contributed by atoms with Crippen molar-refractivity contribution in [2.75, 3.05) is 20.2 Å². The second-order valence-corrected chi connectivity index (χ2v) is 5.26. The van der Waals surface area contributed by atoms with Gasteiger partial charge in [-0.15, -0.1) is 5.10 Å². The molecule has 0 N–H and O–H groups in total. The molecule has 2 rings (SSSR count). The Morgan fingerprint density at radius 3 is 2.95 bits per heavy atom. The van der Waals surface area contributed by atoms with Crippen molar-refractivity contribution in [3.05, 3.63) is 35.1 Å². The van der Waals surface area contributed by atoms with E-state index in [9.17, 15) is 4.79 Å². The van der Waals surface area contributed by atoms with E-state index < -0.39 is 0 Å². The molecule has 1 aromatic heterocycles. The number of tetrazole rings is 1. The van der Waals surface area contributed by atoms with Gasteiger partial charge in [0, 0.05) is 18.5 Å². The molecule has 0 fully saturated rings. The Morgan fingerprint density at radius 1 is 1.45 bits per heavy atom. The third-order valence-corrected chi connectivity index (χ3v) is 3.40. The number of amides is 1. The predicted octanol–water partition coefficient (Wildman–Crippen LogP) is 1.56. The van der Waals surface area contributed by atoms with E-state index in [0.717, 1.165) is 0 Å². The third-order valence-electron chi connectivity index (χ3n) is 3.17. The Balaban J connectivity index is 1.71. The van der Waals surface area contributed by atoms with Crippen molar-refractivity contribution in [3.8, 4) is 5.75 Å². The summed E-state index contributed by atoms with van der Waals surface area (Å²) in [6, 6.07) is 7.17. The number of carbonyl (C=O) groups is 1. The van der Waals surface area contributed by atoms with E-state index in [1.807, 2.05) is 12.1 Å². The van der Waals surface area contributed by atoms with E-state index in [2.05, 4.69) is 15.5 Å². The van der Waals surface area contributed by atoms with Crippen LogP contribution >= 0.6 is 11.6 Å². The Bertz CT molecular complexity index is 631. The van der Waals surface area contributed by atoms with Crippen molar-refractivity contribution < 1.29 is 9.53 Å². The molecule has 1 aromatic carbocycles. The molecule has 0 unspecified atom stereocenters. The van der Waals surface area contributed by atoms with E-state index in [-0.39, 0.29) is 5.91 Å². The molecular weight excluding hydrogens is 306 g/mol. The normalized spacial score (nSPS) is 10.5. The lowest BCUT2D eigenvalue weighted by Gasteiger charge is -2.17. The summed E-state index contributed by atoms with van der Waals surface area (Å²) in [6.07, 6.45) is 0.347. The number of hydrogen-bond donors (Lipinski definition) is 0. The number of nitrogens with zero attached hydrogens (tertiary/aromatic N) is 5. The second kappa shape index (κ2) is 7.74. The zero-order valence-corrected chi connectivity index (χ0v) is 13.3. The van der Waals surface area contributed by atoms with Gasteiger partial charge in [0.2, 0.25) is 5.91 Å². The maximum absolute atomic E-state index is 12.0. The highest BCUT2D eigenvalue weighted by Gasteiger charge is 2.10. The van der Waals surface area contributed by atoms with Crippen molar-refractivity contribution in [2.24, 2.45) is 0 Å². The standard InChI is InChI=1S/C14H18ClN5O2/c1-11-16-17-18-20(11)7-6-14(21)19(2)8-9-22-13-5-3-4-12(15)10-13/h3-5,10H,6-9H2,1-2H3. The fourth-order valence-corrected chi connectivity index (χ4v) is 2.01. The first-order chi connectivity index (χ1) is 10.6. The summed E-state index contributed by atoms with van der Waals surface area (Å²) in [7, 11) is 1.75. The van der Waals surface area contributed by atoms with E-state index in [1.54, 1.807) is 35.7 Å². The number of carbonyl (C=O) groups excluding carboxylic acids is 1. The predicted molar refractivity (Wildman–Crippen MR) is 81.8 cm³/mol.